The summed E-state index contributed by atoms with van der Waals surface area (Å²) in [7, 11) is 1.63. The van der Waals surface area contributed by atoms with Crippen molar-refractivity contribution in [3.63, 3.8) is 0 Å². The Hall–Kier alpha value is -2.07. The van der Waals surface area contributed by atoms with Crippen LogP contribution in [0, 0.1) is 6.92 Å². The molecule has 0 bridgehead atoms. The van der Waals surface area contributed by atoms with E-state index in [2.05, 4.69) is 5.32 Å². The number of carbonyl (C=O) groups is 1. The molecule has 0 fully saturated rings. The molecular weight excluding hydrogens is 264 g/mol. The first-order chi connectivity index (χ1) is 8.97. The molecule has 1 aromatic carbocycles. The topological polar surface area (TPSA) is 51.1 Å². The molecule has 0 aliphatic rings. The fourth-order valence-corrected chi connectivity index (χ4v) is 1.78. The third-order valence-electron chi connectivity index (χ3n) is 2.74. The highest BCUT2D eigenvalue weighted by atomic mass is 35.5. The number of rotatable bonds is 2. The second-order valence-electron chi connectivity index (χ2n) is 4.30. The molecule has 2 rings (SSSR count). The van der Waals surface area contributed by atoms with Gasteiger partial charge in [-0.05, 0) is 30.7 Å². The summed E-state index contributed by atoms with van der Waals surface area (Å²) >= 11 is 6.00. The maximum atomic E-state index is 12.0. The summed E-state index contributed by atoms with van der Waals surface area (Å²) < 4.78 is 1.40. The lowest BCUT2D eigenvalue weighted by Crippen LogP contribution is -2.20. The van der Waals surface area contributed by atoms with Crippen molar-refractivity contribution >= 4 is 23.2 Å². The molecule has 2 aromatic rings. The molecule has 4 nitrogen and oxygen atoms in total. The van der Waals surface area contributed by atoms with Crippen molar-refractivity contribution in [2.45, 2.75) is 6.92 Å². The second kappa shape index (κ2) is 5.28. The van der Waals surface area contributed by atoms with Crippen LogP contribution < -0.4 is 10.9 Å². The number of nitrogens with zero attached hydrogens (tertiary/aromatic N) is 1. The van der Waals surface area contributed by atoms with E-state index in [1.165, 1.54) is 10.6 Å². The lowest BCUT2D eigenvalue weighted by atomic mass is 10.2. The number of amides is 1. The average Bonchev–Trinajstić information content (AvgIpc) is 2.37. The highest BCUT2D eigenvalue weighted by Crippen LogP contribution is 2.23. The maximum absolute atomic E-state index is 12.0. The number of carbonyl (C=O) groups excluding carboxylic acids is 1. The van der Waals surface area contributed by atoms with E-state index in [4.69, 9.17) is 11.6 Å². The highest BCUT2D eigenvalue weighted by Gasteiger charge is 2.09. The van der Waals surface area contributed by atoms with E-state index in [1.807, 2.05) is 13.0 Å². The molecule has 1 N–H and O–H groups in total. The van der Waals surface area contributed by atoms with Gasteiger partial charge in [0.15, 0.2) is 0 Å². The van der Waals surface area contributed by atoms with Crippen LogP contribution in [0.2, 0.25) is 5.02 Å². The number of anilines is 1. The summed E-state index contributed by atoms with van der Waals surface area (Å²) in [4.78, 5) is 23.5. The van der Waals surface area contributed by atoms with Crippen LogP contribution in [-0.4, -0.2) is 10.5 Å². The predicted molar refractivity (Wildman–Crippen MR) is 75.8 cm³/mol. The molecule has 19 heavy (non-hydrogen) atoms. The van der Waals surface area contributed by atoms with Crippen molar-refractivity contribution in [3.05, 3.63) is 63.0 Å². The number of benzene rings is 1. The van der Waals surface area contributed by atoms with Gasteiger partial charge in [-0.2, -0.15) is 0 Å². The number of halogens is 1. The van der Waals surface area contributed by atoms with Crippen LogP contribution in [-0.2, 0) is 7.05 Å². The van der Waals surface area contributed by atoms with Gasteiger partial charge in [-0.15, -0.1) is 0 Å². The lowest BCUT2D eigenvalue weighted by Gasteiger charge is -2.08. The standard InChI is InChI=1S/C14H13ClN2O2/c1-9-3-4-11(15)12(7-9)16-14(19)10-5-6-17(2)13(18)8-10/h3-8H,1-2H3,(H,16,19). The third-order valence-corrected chi connectivity index (χ3v) is 3.07. The molecule has 5 heteroatoms. The number of aryl methyl sites for hydroxylation is 2. The van der Waals surface area contributed by atoms with Gasteiger partial charge in [0, 0.05) is 24.9 Å². The fourth-order valence-electron chi connectivity index (χ4n) is 1.62. The first-order valence-corrected chi connectivity index (χ1v) is 6.09. The van der Waals surface area contributed by atoms with Gasteiger partial charge in [0.2, 0.25) is 0 Å². The first kappa shape index (κ1) is 13.4. The van der Waals surface area contributed by atoms with Crippen molar-refractivity contribution in [1.82, 2.24) is 4.57 Å². The Balaban J connectivity index is 2.28. The molecule has 0 unspecified atom stereocenters. The zero-order valence-corrected chi connectivity index (χ0v) is 11.4. The normalized spacial score (nSPS) is 10.3. The van der Waals surface area contributed by atoms with Crippen molar-refractivity contribution in [2.75, 3.05) is 5.32 Å². The van der Waals surface area contributed by atoms with E-state index in [-0.39, 0.29) is 11.5 Å². The van der Waals surface area contributed by atoms with Crippen molar-refractivity contribution in [1.29, 1.82) is 0 Å². The molecule has 1 amide bonds. The second-order valence-corrected chi connectivity index (χ2v) is 4.71. The highest BCUT2D eigenvalue weighted by molar-refractivity contribution is 6.33. The predicted octanol–water partition coefficient (Wildman–Crippen LogP) is 2.60. The minimum absolute atomic E-state index is 0.233. The van der Waals surface area contributed by atoms with E-state index in [9.17, 15) is 9.59 Å². The minimum Gasteiger partial charge on any atom is -0.321 e. The van der Waals surface area contributed by atoms with Gasteiger partial charge in [-0.1, -0.05) is 17.7 Å². The van der Waals surface area contributed by atoms with E-state index in [1.54, 1.807) is 31.4 Å². The van der Waals surface area contributed by atoms with Gasteiger partial charge in [-0.25, -0.2) is 0 Å². The van der Waals surface area contributed by atoms with Crippen LogP contribution >= 0.6 is 11.6 Å². The Morgan fingerprint density at radius 3 is 2.68 bits per heavy atom. The van der Waals surface area contributed by atoms with Crippen LogP contribution in [0.4, 0.5) is 5.69 Å². The summed E-state index contributed by atoms with van der Waals surface area (Å²) in [6, 6.07) is 8.23. The first-order valence-electron chi connectivity index (χ1n) is 5.71. The molecule has 98 valence electrons. The smallest absolute Gasteiger partial charge is 0.255 e. The molecule has 1 heterocycles. The number of nitrogens with one attached hydrogen (secondary N) is 1. The molecule has 0 saturated heterocycles. The molecule has 0 atom stereocenters. The van der Waals surface area contributed by atoms with Gasteiger partial charge in [0.1, 0.15) is 0 Å². The molecule has 0 spiro atoms. The lowest BCUT2D eigenvalue weighted by molar-refractivity contribution is 0.102. The van der Waals surface area contributed by atoms with Crippen molar-refractivity contribution in [2.24, 2.45) is 7.05 Å². The maximum Gasteiger partial charge on any atom is 0.255 e. The molecule has 0 saturated carbocycles. The summed E-state index contributed by atoms with van der Waals surface area (Å²) in [6.07, 6.45) is 1.55. The Kier molecular flexibility index (Phi) is 3.71. The van der Waals surface area contributed by atoms with Crippen LogP contribution in [0.3, 0.4) is 0 Å². The van der Waals surface area contributed by atoms with Crippen LogP contribution in [0.25, 0.3) is 0 Å². The van der Waals surface area contributed by atoms with Crippen LogP contribution in [0.1, 0.15) is 15.9 Å². The van der Waals surface area contributed by atoms with Crippen LogP contribution in [0.15, 0.2) is 41.3 Å². The minimum atomic E-state index is -0.356. The zero-order chi connectivity index (χ0) is 14.0. The van der Waals surface area contributed by atoms with Crippen LogP contribution in [0.5, 0.6) is 0 Å². The summed E-state index contributed by atoms with van der Waals surface area (Å²) in [6.45, 7) is 1.91. The zero-order valence-electron chi connectivity index (χ0n) is 10.6. The quantitative estimate of drug-likeness (QED) is 0.917. The Labute approximate surface area is 115 Å². The van der Waals surface area contributed by atoms with Crippen molar-refractivity contribution < 1.29 is 4.79 Å². The van der Waals surface area contributed by atoms with Gasteiger partial charge in [0.25, 0.3) is 11.5 Å². The van der Waals surface area contributed by atoms with Gasteiger partial charge in [0.05, 0.1) is 10.7 Å². The number of pyridine rings is 1. The monoisotopic (exact) mass is 276 g/mol. The van der Waals surface area contributed by atoms with E-state index >= 15 is 0 Å². The Bertz CT molecular complexity index is 692. The average molecular weight is 277 g/mol. The Morgan fingerprint density at radius 1 is 1.26 bits per heavy atom. The van der Waals surface area contributed by atoms with E-state index < -0.39 is 0 Å². The number of hydrogen-bond donors (Lipinski definition) is 1. The molecular formula is C14H13ClN2O2. The number of hydrogen-bond acceptors (Lipinski definition) is 2. The van der Waals surface area contributed by atoms with E-state index in [0.717, 1.165) is 5.56 Å². The number of aromatic nitrogens is 1. The van der Waals surface area contributed by atoms with Gasteiger partial charge < -0.3 is 9.88 Å². The molecule has 1 aromatic heterocycles. The summed E-state index contributed by atoms with van der Waals surface area (Å²) in [5.41, 5.74) is 1.60. The summed E-state index contributed by atoms with van der Waals surface area (Å²) in [5.74, 6) is -0.356. The molecule has 0 radical (unpaired) electrons. The van der Waals surface area contributed by atoms with E-state index in [0.29, 0.717) is 16.3 Å². The van der Waals surface area contributed by atoms with Gasteiger partial charge >= 0.3 is 0 Å². The van der Waals surface area contributed by atoms with Crippen molar-refractivity contribution in [3.8, 4) is 0 Å². The molecule has 0 aliphatic heterocycles. The third kappa shape index (κ3) is 3.03. The summed E-state index contributed by atoms with van der Waals surface area (Å²) in [5, 5.41) is 3.16. The molecule has 0 aliphatic carbocycles. The van der Waals surface area contributed by atoms with Gasteiger partial charge in [-0.3, -0.25) is 9.59 Å². The SMILES string of the molecule is Cc1ccc(Cl)c(NC(=O)c2ccn(C)c(=O)c2)c1. The largest absolute Gasteiger partial charge is 0.321 e. The Morgan fingerprint density at radius 2 is 2.00 bits per heavy atom. The fraction of sp³-hybridized carbons (Fsp3) is 0.143.